The third kappa shape index (κ3) is 2.87. The van der Waals surface area contributed by atoms with Gasteiger partial charge >= 0.3 is 0 Å². The van der Waals surface area contributed by atoms with E-state index in [9.17, 15) is 9.18 Å². The molecule has 1 N–H and O–H groups in total. The van der Waals surface area contributed by atoms with E-state index in [2.05, 4.69) is 15.2 Å². The van der Waals surface area contributed by atoms with Crippen molar-refractivity contribution in [2.45, 2.75) is 6.54 Å². The predicted octanol–water partition coefficient (Wildman–Crippen LogP) is 1.22. The molecule has 0 fully saturated rings. The van der Waals surface area contributed by atoms with Crippen LogP contribution in [0, 0.1) is 5.82 Å². The Morgan fingerprint density at radius 3 is 2.89 bits per heavy atom. The molecule has 0 aliphatic rings. The lowest BCUT2D eigenvalue weighted by atomic mass is 10.2. The van der Waals surface area contributed by atoms with Gasteiger partial charge in [0.05, 0.1) is 13.7 Å². The average molecular weight is 264 g/mol. The monoisotopic (exact) mass is 264 g/mol. The summed E-state index contributed by atoms with van der Waals surface area (Å²) in [7, 11) is 2.98. The third-order valence-corrected chi connectivity index (χ3v) is 2.60. The highest BCUT2D eigenvalue weighted by Gasteiger charge is 2.15. The highest BCUT2D eigenvalue weighted by Crippen LogP contribution is 2.18. The zero-order valence-corrected chi connectivity index (χ0v) is 10.6. The van der Waals surface area contributed by atoms with Crippen molar-refractivity contribution in [3.05, 3.63) is 41.7 Å². The van der Waals surface area contributed by atoms with Crippen LogP contribution in [0.5, 0.6) is 5.75 Å². The first-order chi connectivity index (χ1) is 9.11. The van der Waals surface area contributed by atoms with Gasteiger partial charge in [-0.25, -0.2) is 9.37 Å². The number of benzene rings is 1. The number of carbonyl (C=O) groups is 1. The molecule has 100 valence electrons. The summed E-state index contributed by atoms with van der Waals surface area (Å²) in [4.78, 5) is 17.4. The van der Waals surface area contributed by atoms with Crippen LogP contribution < -0.4 is 4.74 Å². The number of H-pyrrole nitrogens is 1. The van der Waals surface area contributed by atoms with Crippen molar-refractivity contribution >= 4 is 5.91 Å². The van der Waals surface area contributed by atoms with Gasteiger partial charge in [0.2, 0.25) is 0 Å². The molecule has 0 saturated carbocycles. The number of hydrogen-bond acceptors (Lipinski definition) is 4. The largest absolute Gasteiger partial charge is 0.494 e. The molecule has 19 heavy (non-hydrogen) atoms. The molecule has 6 nitrogen and oxygen atoms in total. The van der Waals surface area contributed by atoms with Gasteiger partial charge in [0.25, 0.3) is 5.91 Å². The maximum atomic E-state index is 13.5. The molecule has 1 aromatic carbocycles. The maximum Gasteiger partial charge on any atom is 0.254 e. The Morgan fingerprint density at radius 2 is 2.32 bits per heavy atom. The first-order valence-corrected chi connectivity index (χ1v) is 5.55. The van der Waals surface area contributed by atoms with Gasteiger partial charge in [0.15, 0.2) is 11.6 Å². The summed E-state index contributed by atoms with van der Waals surface area (Å²) in [5, 5.41) is 6.35. The second-order valence-corrected chi connectivity index (χ2v) is 3.94. The van der Waals surface area contributed by atoms with Crippen LogP contribution in [0.15, 0.2) is 24.5 Å². The van der Waals surface area contributed by atoms with E-state index in [1.807, 2.05) is 0 Å². The number of carbonyl (C=O) groups excluding carboxylic acids is 1. The van der Waals surface area contributed by atoms with Crippen molar-refractivity contribution in [1.29, 1.82) is 0 Å². The Kier molecular flexibility index (Phi) is 3.74. The molecule has 7 heteroatoms. The second kappa shape index (κ2) is 5.47. The molecule has 1 aromatic heterocycles. The maximum absolute atomic E-state index is 13.5. The minimum Gasteiger partial charge on any atom is -0.494 e. The average Bonchev–Trinajstić information content (AvgIpc) is 2.90. The van der Waals surface area contributed by atoms with E-state index < -0.39 is 5.82 Å². The Bertz CT molecular complexity index is 571. The number of halogens is 1. The number of hydrogen-bond donors (Lipinski definition) is 1. The van der Waals surface area contributed by atoms with E-state index in [4.69, 9.17) is 4.74 Å². The number of amides is 1. The number of nitrogens with one attached hydrogen (secondary N) is 1. The molecular weight excluding hydrogens is 251 g/mol. The van der Waals surface area contributed by atoms with E-state index in [0.717, 1.165) is 6.07 Å². The highest BCUT2D eigenvalue weighted by atomic mass is 19.1. The van der Waals surface area contributed by atoms with Crippen LogP contribution in [-0.2, 0) is 6.54 Å². The van der Waals surface area contributed by atoms with Crippen LogP contribution in [-0.4, -0.2) is 40.1 Å². The van der Waals surface area contributed by atoms with Gasteiger partial charge in [-0.05, 0) is 18.2 Å². The summed E-state index contributed by atoms with van der Waals surface area (Å²) in [6.45, 7) is 0.270. The molecule has 1 heterocycles. The van der Waals surface area contributed by atoms with Crippen molar-refractivity contribution in [1.82, 2.24) is 20.1 Å². The normalized spacial score (nSPS) is 10.3. The zero-order valence-electron chi connectivity index (χ0n) is 10.6. The number of methoxy groups -OCH3 is 1. The minimum atomic E-state index is -0.568. The van der Waals surface area contributed by atoms with Gasteiger partial charge in [0, 0.05) is 12.6 Å². The topological polar surface area (TPSA) is 71.1 Å². The Labute approximate surface area is 109 Å². The van der Waals surface area contributed by atoms with Crippen molar-refractivity contribution < 1.29 is 13.9 Å². The lowest BCUT2D eigenvalue weighted by Gasteiger charge is -2.15. The smallest absolute Gasteiger partial charge is 0.254 e. The number of ether oxygens (including phenoxy) is 1. The van der Waals surface area contributed by atoms with E-state index in [-0.39, 0.29) is 23.8 Å². The molecule has 1 amide bonds. The molecular formula is C12H13FN4O2. The lowest BCUT2D eigenvalue weighted by molar-refractivity contribution is 0.0781. The van der Waals surface area contributed by atoms with Crippen molar-refractivity contribution in [2.24, 2.45) is 0 Å². The fourth-order valence-corrected chi connectivity index (χ4v) is 1.62. The quantitative estimate of drug-likeness (QED) is 0.901. The van der Waals surface area contributed by atoms with Gasteiger partial charge in [0.1, 0.15) is 12.2 Å². The predicted molar refractivity (Wildman–Crippen MR) is 65.1 cm³/mol. The molecule has 0 unspecified atom stereocenters. The standard InChI is InChI=1S/C12H13FN4O2/c1-17(6-11-14-7-15-16-11)12(18)8-3-4-10(19-2)9(13)5-8/h3-5,7H,6H2,1-2H3,(H,14,15,16). The Balaban J connectivity index is 2.12. The molecule has 0 atom stereocenters. The van der Waals surface area contributed by atoms with Gasteiger partial charge < -0.3 is 9.64 Å². The first-order valence-electron chi connectivity index (χ1n) is 5.55. The number of aromatic nitrogens is 3. The molecule has 0 saturated heterocycles. The molecule has 0 aliphatic heterocycles. The van der Waals surface area contributed by atoms with Crippen LogP contribution in [0.3, 0.4) is 0 Å². The van der Waals surface area contributed by atoms with Gasteiger partial charge in [-0.2, -0.15) is 5.10 Å². The zero-order chi connectivity index (χ0) is 13.8. The van der Waals surface area contributed by atoms with Crippen LogP contribution in [0.25, 0.3) is 0 Å². The van der Waals surface area contributed by atoms with Gasteiger partial charge in [-0.15, -0.1) is 0 Å². The van der Waals surface area contributed by atoms with Crippen LogP contribution >= 0.6 is 0 Å². The summed E-state index contributed by atoms with van der Waals surface area (Å²) in [5.74, 6) is -0.210. The SMILES string of the molecule is COc1ccc(C(=O)N(C)Cc2ncn[nH]2)cc1F. The molecule has 2 rings (SSSR count). The van der Waals surface area contributed by atoms with Gasteiger partial charge in [-0.3, -0.25) is 9.89 Å². The summed E-state index contributed by atoms with van der Waals surface area (Å²) < 4.78 is 18.3. The van der Waals surface area contributed by atoms with Gasteiger partial charge in [-0.1, -0.05) is 0 Å². The van der Waals surface area contributed by atoms with E-state index in [0.29, 0.717) is 5.82 Å². The molecule has 0 bridgehead atoms. The van der Waals surface area contributed by atoms with Crippen molar-refractivity contribution in [2.75, 3.05) is 14.2 Å². The number of rotatable bonds is 4. The number of nitrogens with zero attached hydrogens (tertiary/aromatic N) is 3. The summed E-state index contributed by atoms with van der Waals surface area (Å²) in [5.41, 5.74) is 0.250. The summed E-state index contributed by atoms with van der Waals surface area (Å²) in [6.07, 6.45) is 1.36. The van der Waals surface area contributed by atoms with E-state index >= 15 is 0 Å². The summed E-state index contributed by atoms with van der Waals surface area (Å²) >= 11 is 0. The summed E-state index contributed by atoms with van der Waals surface area (Å²) in [6, 6.07) is 4.09. The molecule has 0 aliphatic carbocycles. The lowest BCUT2D eigenvalue weighted by Crippen LogP contribution is -2.26. The van der Waals surface area contributed by atoms with Crippen LogP contribution in [0.2, 0.25) is 0 Å². The van der Waals surface area contributed by atoms with Crippen LogP contribution in [0.1, 0.15) is 16.2 Å². The Hall–Kier alpha value is -2.44. The van der Waals surface area contributed by atoms with Crippen molar-refractivity contribution in [3.8, 4) is 5.75 Å². The second-order valence-electron chi connectivity index (χ2n) is 3.94. The fourth-order valence-electron chi connectivity index (χ4n) is 1.62. The number of aromatic amines is 1. The van der Waals surface area contributed by atoms with E-state index in [1.165, 1.54) is 30.5 Å². The van der Waals surface area contributed by atoms with E-state index in [1.54, 1.807) is 7.05 Å². The Morgan fingerprint density at radius 1 is 1.53 bits per heavy atom. The van der Waals surface area contributed by atoms with Crippen LogP contribution in [0.4, 0.5) is 4.39 Å². The minimum absolute atomic E-state index is 0.106. The fraction of sp³-hybridized carbons (Fsp3) is 0.250. The van der Waals surface area contributed by atoms with Crippen molar-refractivity contribution in [3.63, 3.8) is 0 Å². The third-order valence-electron chi connectivity index (χ3n) is 2.60. The first kappa shape index (κ1) is 13.0. The molecule has 0 radical (unpaired) electrons. The molecule has 2 aromatic rings. The highest BCUT2D eigenvalue weighted by molar-refractivity contribution is 5.94. The molecule has 0 spiro atoms.